The van der Waals surface area contributed by atoms with Crippen molar-refractivity contribution in [2.75, 3.05) is 4.90 Å². The van der Waals surface area contributed by atoms with E-state index in [1.807, 2.05) is 78.9 Å². The summed E-state index contributed by atoms with van der Waals surface area (Å²) in [7, 11) is 0. The molecule has 1 saturated heterocycles. The fourth-order valence-corrected chi connectivity index (χ4v) is 4.41. The Morgan fingerprint density at radius 1 is 0.781 bits per heavy atom. The normalized spacial score (nSPS) is 17.8. The Morgan fingerprint density at radius 2 is 1.44 bits per heavy atom. The Hall–Kier alpha value is -3.70. The number of fused-ring (bicyclic) bond motifs is 1. The molecule has 1 N–H and O–H groups in total. The minimum Gasteiger partial charge on any atom is -0.507 e. The van der Waals surface area contributed by atoms with Crippen molar-refractivity contribution >= 4 is 49.8 Å². The van der Waals surface area contributed by atoms with Crippen LogP contribution in [-0.4, -0.2) is 16.8 Å². The number of rotatable bonds is 3. The van der Waals surface area contributed by atoms with E-state index in [-0.39, 0.29) is 11.3 Å². The zero-order valence-electron chi connectivity index (χ0n) is 16.9. The lowest BCUT2D eigenvalue weighted by atomic mass is 9.94. The summed E-state index contributed by atoms with van der Waals surface area (Å²) in [6, 6.07) is 29.1. The van der Waals surface area contributed by atoms with Gasteiger partial charge in [0.15, 0.2) is 0 Å². The Labute approximate surface area is 193 Å². The number of hydrogen-bond donors (Lipinski definition) is 1. The molecule has 4 aromatic carbocycles. The summed E-state index contributed by atoms with van der Waals surface area (Å²) in [5.41, 5.74) is 1.91. The highest BCUT2D eigenvalue weighted by molar-refractivity contribution is 9.10. The molecule has 0 aliphatic carbocycles. The van der Waals surface area contributed by atoms with E-state index in [0.29, 0.717) is 11.3 Å². The van der Waals surface area contributed by atoms with E-state index in [2.05, 4.69) is 15.9 Å². The number of halogens is 1. The number of aliphatic hydroxyl groups excluding tert-OH is 1. The third kappa shape index (κ3) is 3.41. The van der Waals surface area contributed by atoms with Crippen LogP contribution in [0.4, 0.5) is 5.69 Å². The summed E-state index contributed by atoms with van der Waals surface area (Å²) in [4.78, 5) is 27.8. The van der Waals surface area contributed by atoms with Crippen LogP contribution in [0.2, 0.25) is 0 Å². The van der Waals surface area contributed by atoms with Gasteiger partial charge in [0.1, 0.15) is 5.76 Å². The summed E-state index contributed by atoms with van der Waals surface area (Å²) in [6.07, 6.45) is 0. The third-order valence-electron chi connectivity index (χ3n) is 5.69. The van der Waals surface area contributed by atoms with E-state index in [1.54, 1.807) is 18.2 Å². The van der Waals surface area contributed by atoms with Crippen LogP contribution < -0.4 is 4.90 Å². The van der Waals surface area contributed by atoms with Crippen molar-refractivity contribution in [1.29, 1.82) is 0 Å². The maximum absolute atomic E-state index is 13.2. The molecule has 1 amide bonds. The second kappa shape index (κ2) is 8.09. The van der Waals surface area contributed by atoms with Crippen molar-refractivity contribution < 1.29 is 14.7 Å². The van der Waals surface area contributed by atoms with Crippen LogP contribution >= 0.6 is 15.9 Å². The van der Waals surface area contributed by atoms with E-state index in [4.69, 9.17) is 0 Å². The number of carbonyl (C=O) groups excluding carboxylic acids is 2. The van der Waals surface area contributed by atoms with Gasteiger partial charge < -0.3 is 5.11 Å². The van der Waals surface area contributed by atoms with E-state index >= 15 is 0 Å². The summed E-state index contributed by atoms with van der Waals surface area (Å²) in [5.74, 6) is -1.54. The average molecular weight is 484 g/mol. The Kier molecular flexibility index (Phi) is 5.11. The van der Waals surface area contributed by atoms with Crippen LogP contribution in [0, 0.1) is 0 Å². The van der Waals surface area contributed by atoms with Crippen LogP contribution in [-0.2, 0) is 9.59 Å². The molecular formula is C27H18BrNO3. The van der Waals surface area contributed by atoms with Crippen LogP contribution in [0.1, 0.15) is 17.2 Å². The predicted molar refractivity (Wildman–Crippen MR) is 129 cm³/mol. The van der Waals surface area contributed by atoms with Gasteiger partial charge in [-0.15, -0.1) is 0 Å². The molecule has 1 aliphatic rings. The molecule has 4 nitrogen and oxygen atoms in total. The largest absolute Gasteiger partial charge is 0.507 e. The van der Waals surface area contributed by atoms with Gasteiger partial charge in [-0.2, -0.15) is 0 Å². The molecule has 4 aromatic rings. The minimum atomic E-state index is -0.733. The van der Waals surface area contributed by atoms with E-state index in [1.165, 1.54) is 4.90 Å². The van der Waals surface area contributed by atoms with E-state index < -0.39 is 17.7 Å². The number of nitrogens with zero attached hydrogens (tertiary/aromatic N) is 1. The number of hydrogen-bond acceptors (Lipinski definition) is 3. The molecule has 0 radical (unpaired) electrons. The third-order valence-corrected chi connectivity index (χ3v) is 6.22. The first-order valence-electron chi connectivity index (χ1n) is 10.2. The summed E-state index contributed by atoms with van der Waals surface area (Å²) in [6.45, 7) is 0. The lowest BCUT2D eigenvalue weighted by molar-refractivity contribution is -0.132. The topological polar surface area (TPSA) is 57.6 Å². The first-order valence-corrected chi connectivity index (χ1v) is 10.9. The van der Waals surface area contributed by atoms with Crippen molar-refractivity contribution in [1.82, 2.24) is 0 Å². The van der Waals surface area contributed by atoms with Crippen molar-refractivity contribution in [3.8, 4) is 0 Å². The molecule has 0 spiro atoms. The van der Waals surface area contributed by atoms with Crippen LogP contribution in [0.3, 0.4) is 0 Å². The lowest BCUT2D eigenvalue weighted by Gasteiger charge is -2.25. The van der Waals surface area contributed by atoms with Crippen molar-refractivity contribution in [3.63, 3.8) is 0 Å². The van der Waals surface area contributed by atoms with Gasteiger partial charge >= 0.3 is 0 Å². The fraction of sp³-hybridized carbons (Fsp3) is 0.0370. The summed E-state index contributed by atoms with van der Waals surface area (Å²) >= 11 is 3.41. The maximum Gasteiger partial charge on any atom is 0.300 e. The molecule has 0 bridgehead atoms. The van der Waals surface area contributed by atoms with Gasteiger partial charge in [0.25, 0.3) is 11.7 Å². The smallest absolute Gasteiger partial charge is 0.300 e. The highest BCUT2D eigenvalue weighted by atomic mass is 79.9. The molecule has 1 fully saturated rings. The van der Waals surface area contributed by atoms with Gasteiger partial charge in [0, 0.05) is 15.7 Å². The molecule has 32 heavy (non-hydrogen) atoms. The highest BCUT2D eigenvalue weighted by Crippen LogP contribution is 2.42. The zero-order chi connectivity index (χ0) is 22.2. The van der Waals surface area contributed by atoms with Gasteiger partial charge in [-0.3, -0.25) is 14.5 Å². The SMILES string of the molecule is O=C1C(=O)N(c2ccc(Br)cc2)C(c2ccccc2)/C1=C(/O)c1ccc2ccccc2c1. The Balaban J connectivity index is 1.72. The monoisotopic (exact) mass is 483 g/mol. The van der Waals surface area contributed by atoms with Gasteiger partial charge in [0.05, 0.1) is 11.6 Å². The first-order chi connectivity index (χ1) is 15.5. The fourth-order valence-electron chi connectivity index (χ4n) is 4.14. The Bertz CT molecular complexity index is 1380. The van der Waals surface area contributed by atoms with Crippen LogP contribution in [0.5, 0.6) is 0 Å². The summed E-state index contributed by atoms with van der Waals surface area (Å²) < 4.78 is 0.866. The number of anilines is 1. The molecule has 5 rings (SSSR count). The average Bonchev–Trinajstić information content (AvgIpc) is 3.10. The number of carbonyl (C=O) groups is 2. The van der Waals surface area contributed by atoms with Crippen LogP contribution in [0.25, 0.3) is 16.5 Å². The van der Waals surface area contributed by atoms with Gasteiger partial charge in [0.2, 0.25) is 0 Å². The molecule has 1 heterocycles. The number of aliphatic hydroxyl groups is 1. The number of amides is 1. The standard InChI is InChI=1S/C27H18BrNO3/c28-21-12-14-22(15-13-21)29-24(18-7-2-1-3-8-18)23(26(31)27(29)32)25(30)20-11-10-17-6-4-5-9-19(17)16-20/h1-16,24,30H/b25-23-. The number of ketones is 1. The second-order valence-corrected chi connectivity index (χ2v) is 8.53. The number of benzene rings is 4. The Morgan fingerprint density at radius 3 is 2.16 bits per heavy atom. The molecule has 1 aliphatic heterocycles. The maximum atomic E-state index is 13.2. The van der Waals surface area contributed by atoms with E-state index in [9.17, 15) is 14.7 Å². The molecule has 5 heteroatoms. The molecule has 0 aromatic heterocycles. The number of Topliss-reactive ketones (excluding diaryl/α,β-unsaturated/α-hetero) is 1. The minimum absolute atomic E-state index is 0.0828. The predicted octanol–water partition coefficient (Wildman–Crippen LogP) is 6.23. The lowest BCUT2D eigenvalue weighted by Crippen LogP contribution is -2.29. The summed E-state index contributed by atoms with van der Waals surface area (Å²) in [5, 5.41) is 13.2. The van der Waals surface area contributed by atoms with Crippen LogP contribution in [0.15, 0.2) is 107 Å². The zero-order valence-corrected chi connectivity index (χ0v) is 18.5. The van der Waals surface area contributed by atoms with Crippen molar-refractivity contribution in [2.45, 2.75) is 6.04 Å². The van der Waals surface area contributed by atoms with Gasteiger partial charge in [-0.25, -0.2) is 0 Å². The first kappa shape index (κ1) is 20.2. The molecule has 1 atom stereocenters. The molecule has 1 unspecified atom stereocenters. The second-order valence-electron chi connectivity index (χ2n) is 7.62. The molecule has 0 saturated carbocycles. The van der Waals surface area contributed by atoms with Crippen molar-refractivity contribution in [3.05, 3.63) is 118 Å². The molecular weight excluding hydrogens is 466 g/mol. The van der Waals surface area contributed by atoms with E-state index in [0.717, 1.165) is 20.8 Å². The quantitative estimate of drug-likeness (QED) is 0.213. The van der Waals surface area contributed by atoms with Gasteiger partial charge in [-0.05, 0) is 46.7 Å². The molecule has 156 valence electrons. The van der Waals surface area contributed by atoms with Crippen molar-refractivity contribution in [2.24, 2.45) is 0 Å². The highest BCUT2D eigenvalue weighted by Gasteiger charge is 2.46. The van der Waals surface area contributed by atoms with Gasteiger partial charge in [-0.1, -0.05) is 82.7 Å².